The highest BCUT2D eigenvalue weighted by Gasteiger charge is 2.38. The quantitative estimate of drug-likeness (QED) is 0.436. The summed E-state index contributed by atoms with van der Waals surface area (Å²) in [5, 5.41) is 0. The summed E-state index contributed by atoms with van der Waals surface area (Å²) >= 11 is 0. The minimum atomic E-state index is -5.24. The molecule has 6 heteroatoms. The zero-order chi connectivity index (χ0) is 9.23. The number of alkyl halides is 3. The van der Waals surface area contributed by atoms with Crippen molar-refractivity contribution in [2.45, 2.75) is 6.18 Å². The average molecular weight is 175 g/mol. The van der Waals surface area contributed by atoms with E-state index in [0.29, 0.717) is 4.90 Å². The Morgan fingerprint density at radius 3 is 1.55 bits per heavy atom. The zero-order valence-electron chi connectivity index (χ0n) is 5.84. The molecule has 0 N–H and O–H groups in total. The molecule has 0 unspecified atom stereocenters. The predicted molar refractivity (Wildman–Crippen MR) is 29.0 cm³/mol. The monoisotopic (exact) mass is 175 g/mol. The van der Waals surface area contributed by atoms with Gasteiger partial charge in [-0.1, -0.05) is 0 Å². The van der Waals surface area contributed by atoms with Gasteiger partial charge >= 0.3 is 6.18 Å². The van der Waals surface area contributed by atoms with E-state index in [1.54, 1.807) is 0 Å². The van der Waals surface area contributed by atoms with Gasteiger partial charge in [-0.15, -0.1) is 0 Å². The molecule has 1 nitrogen and oxygen atoms in total. The first-order valence-corrected chi connectivity index (χ1v) is 2.56. The normalized spacial score (nSPS) is 14.5. The zero-order valence-corrected chi connectivity index (χ0v) is 5.84. The Kier molecular flexibility index (Phi) is 2.84. The molecule has 0 rings (SSSR count). The van der Waals surface area contributed by atoms with Crippen LogP contribution in [0.5, 0.6) is 0 Å². The molecule has 0 aromatic heterocycles. The van der Waals surface area contributed by atoms with Crippen LogP contribution in [0.2, 0.25) is 0 Å². The number of rotatable bonds is 1. The molecular formula is C5H6F5N. The minimum absolute atomic E-state index is 0.406. The minimum Gasteiger partial charge on any atom is -0.352 e. The summed E-state index contributed by atoms with van der Waals surface area (Å²) in [4.78, 5) is 0.406. The van der Waals surface area contributed by atoms with E-state index in [4.69, 9.17) is 0 Å². The van der Waals surface area contributed by atoms with Gasteiger partial charge in [0, 0.05) is 14.1 Å². The fraction of sp³-hybridized carbons (Fsp3) is 0.600. The second-order valence-electron chi connectivity index (χ2n) is 2.00. The van der Waals surface area contributed by atoms with Crippen molar-refractivity contribution in [1.82, 2.24) is 4.90 Å². The molecule has 0 aliphatic rings. The van der Waals surface area contributed by atoms with Gasteiger partial charge in [0.25, 0.3) is 5.83 Å². The molecule has 0 atom stereocenters. The van der Waals surface area contributed by atoms with Crippen LogP contribution in [0.3, 0.4) is 0 Å². The summed E-state index contributed by atoms with van der Waals surface area (Å²) in [6.45, 7) is 0. The molecule has 0 aliphatic carbocycles. The number of allylic oxidation sites excluding steroid dienone is 1. The van der Waals surface area contributed by atoms with Gasteiger partial charge in [0.2, 0.25) is 5.95 Å². The van der Waals surface area contributed by atoms with Gasteiger partial charge in [0.05, 0.1) is 0 Å². The first-order valence-electron chi connectivity index (χ1n) is 2.56. The van der Waals surface area contributed by atoms with Crippen LogP contribution in [-0.4, -0.2) is 25.2 Å². The summed E-state index contributed by atoms with van der Waals surface area (Å²) in [6.07, 6.45) is -5.24. The summed E-state index contributed by atoms with van der Waals surface area (Å²) in [5.74, 6) is -4.62. The molecule has 11 heavy (non-hydrogen) atoms. The van der Waals surface area contributed by atoms with Gasteiger partial charge in [0.1, 0.15) is 0 Å². The van der Waals surface area contributed by atoms with Crippen molar-refractivity contribution in [2.75, 3.05) is 14.1 Å². The number of hydrogen-bond acceptors (Lipinski definition) is 1. The predicted octanol–water partition coefficient (Wildman–Crippen LogP) is 2.22. The second kappa shape index (κ2) is 3.06. The molecule has 0 saturated heterocycles. The maximum absolute atomic E-state index is 12.1. The van der Waals surface area contributed by atoms with E-state index in [9.17, 15) is 22.0 Å². The van der Waals surface area contributed by atoms with Gasteiger partial charge < -0.3 is 4.90 Å². The van der Waals surface area contributed by atoms with Crippen molar-refractivity contribution in [3.05, 3.63) is 11.8 Å². The lowest BCUT2D eigenvalue weighted by atomic mass is 10.5. The van der Waals surface area contributed by atoms with E-state index in [-0.39, 0.29) is 0 Å². The van der Waals surface area contributed by atoms with E-state index in [1.807, 2.05) is 0 Å². The molecule has 0 radical (unpaired) electrons. The van der Waals surface area contributed by atoms with E-state index in [2.05, 4.69) is 0 Å². The van der Waals surface area contributed by atoms with E-state index in [1.165, 1.54) is 0 Å². The number of hydrogen-bond donors (Lipinski definition) is 0. The summed E-state index contributed by atoms with van der Waals surface area (Å²) in [7, 11) is 1.95. The first-order chi connectivity index (χ1) is 4.76. The van der Waals surface area contributed by atoms with Crippen molar-refractivity contribution in [3.8, 4) is 0 Å². The van der Waals surface area contributed by atoms with Gasteiger partial charge in [-0.3, -0.25) is 0 Å². The van der Waals surface area contributed by atoms with Crippen molar-refractivity contribution in [3.63, 3.8) is 0 Å². The van der Waals surface area contributed by atoms with Crippen LogP contribution in [-0.2, 0) is 0 Å². The Morgan fingerprint density at radius 1 is 1.09 bits per heavy atom. The standard InChI is InChI=1S/C5H6F5N/c1-11(2)4(7)3(6)5(8,9)10/h1-2H3/b4-3-. The summed E-state index contributed by atoms with van der Waals surface area (Å²) in [5.41, 5.74) is 0. The Labute approximate surface area is 60.1 Å². The molecule has 0 aliphatic heterocycles. The third-order valence-electron chi connectivity index (χ3n) is 0.823. The van der Waals surface area contributed by atoms with Crippen molar-refractivity contribution < 1.29 is 22.0 Å². The Bertz CT molecular complexity index is 168. The fourth-order valence-corrected chi connectivity index (χ4v) is 0.313. The van der Waals surface area contributed by atoms with Gasteiger partial charge in [-0.2, -0.15) is 22.0 Å². The SMILES string of the molecule is CN(C)/C(F)=C(\F)C(F)(F)F. The van der Waals surface area contributed by atoms with Crippen LogP contribution in [0.4, 0.5) is 22.0 Å². The van der Waals surface area contributed by atoms with Crippen molar-refractivity contribution >= 4 is 0 Å². The highest BCUT2D eigenvalue weighted by atomic mass is 19.4. The van der Waals surface area contributed by atoms with Crippen LogP contribution in [0.1, 0.15) is 0 Å². The third kappa shape index (κ3) is 2.73. The molecule has 0 amide bonds. The van der Waals surface area contributed by atoms with Crippen molar-refractivity contribution in [2.24, 2.45) is 0 Å². The third-order valence-corrected chi connectivity index (χ3v) is 0.823. The van der Waals surface area contributed by atoms with Crippen LogP contribution in [0.25, 0.3) is 0 Å². The van der Waals surface area contributed by atoms with Crippen LogP contribution in [0, 0.1) is 0 Å². The molecule has 0 fully saturated rings. The maximum Gasteiger partial charge on any atom is 0.447 e. The second-order valence-corrected chi connectivity index (χ2v) is 2.00. The maximum atomic E-state index is 12.1. The smallest absolute Gasteiger partial charge is 0.352 e. The van der Waals surface area contributed by atoms with Crippen LogP contribution < -0.4 is 0 Å². The molecule has 0 heterocycles. The fourth-order valence-electron chi connectivity index (χ4n) is 0.313. The summed E-state index contributed by atoms with van der Waals surface area (Å²) < 4.78 is 58.1. The highest BCUT2D eigenvalue weighted by molar-refractivity contribution is 5.03. The molecule has 0 saturated carbocycles. The molecule has 0 aromatic carbocycles. The largest absolute Gasteiger partial charge is 0.447 e. The number of nitrogens with zero attached hydrogens (tertiary/aromatic N) is 1. The Morgan fingerprint density at radius 2 is 1.45 bits per heavy atom. The van der Waals surface area contributed by atoms with E-state index >= 15 is 0 Å². The average Bonchev–Trinajstić information content (AvgIpc) is 1.82. The lowest BCUT2D eigenvalue weighted by Crippen LogP contribution is -2.17. The van der Waals surface area contributed by atoms with Crippen LogP contribution >= 0.6 is 0 Å². The molecule has 0 aromatic rings. The lowest BCUT2D eigenvalue weighted by Gasteiger charge is -2.11. The van der Waals surface area contributed by atoms with Gasteiger partial charge in [-0.05, 0) is 0 Å². The van der Waals surface area contributed by atoms with Gasteiger partial charge in [0.15, 0.2) is 0 Å². The van der Waals surface area contributed by atoms with Crippen molar-refractivity contribution in [1.29, 1.82) is 0 Å². The highest BCUT2D eigenvalue weighted by Crippen LogP contribution is 2.30. The van der Waals surface area contributed by atoms with E-state index in [0.717, 1.165) is 14.1 Å². The molecular weight excluding hydrogens is 169 g/mol. The summed E-state index contributed by atoms with van der Waals surface area (Å²) in [6, 6.07) is 0. The Hall–Kier alpha value is -0.810. The topological polar surface area (TPSA) is 3.24 Å². The van der Waals surface area contributed by atoms with Gasteiger partial charge in [-0.25, -0.2) is 0 Å². The number of halogens is 5. The lowest BCUT2D eigenvalue weighted by molar-refractivity contribution is -0.113. The molecule has 0 spiro atoms. The Balaban J connectivity index is 4.67. The molecule has 66 valence electrons. The molecule has 0 bridgehead atoms. The first kappa shape index (κ1) is 10.2. The van der Waals surface area contributed by atoms with Crippen LogP contribution in [0.15, 0.2) is 11.8 Å². The van der Waals surface area contributed by atoms with E-state index < -0.39 is 18.0 Å².